The standard InChI is InChI=1S/C13H10O2.C6H10O3.C2H4/c14-13(15)12-8-6-11(7-9-12)10-4-2-1-3-5-10;1(5-3-8-5)7-2-6-4-9-6;1-2/h1-9H,(H,14,15);5-6H,1-4H2;1-2H2. The summed E-state index contributed by atoms with van der Waals surface area (Å²) in [4.78, 5) is 10.6. The zero-order chi connectivity index (χ0) is 18.8. The van der Waals surface area contributed by atoms with Gasteiger partial charge in [0.2, 0.25) is 0 Å². The summed E-state index contributed by atoms with van der Waals surface area (Å²) in [7, 11) is 0. The van der Waals surface area contributed by atoms with Crippen LogP contribution in [0.3, 0.4) is 0 Å². The Bertz CT molecular complexity index is 649. The SMILES string of the molecule is C(OCC1CO1)C1CO1.C=C.O=C(O)c1ccc(-c2ccccc2)cc1. The lowest BCUT2D eigenvalue weighted by Gasteiger charge is -2.01. The smallest absolute Gasteiger partial charge is 0.335 e. The zero-order valence-electron chi connectivity index (χ0n) is 14.7. The van der Waals surface area contributed by atoms with Crippen molar-refractivity contribution < 1.29 is 24.1 Å². The molecule has 0 bridgehead atoms. The minimum absolute atomic E-state index is 0.315. The summed E-state index contributed by atoms with van der Waals surface area (Å²) < 4.78 is 15.1. The molecule has 138 valence electrons. The number of rotatable bonds is 6. The Morgan fingerprint density at radius 2 is 1.38 bits per heavy atom. The topological polar surface area (TPSA) is 71.6 Å². The first kappa shape index (κ1) is 19.8. The number of ether oxygens (including phenoxy) is 3. The van der Waals surface area contributed by atoms with E-state index < -0.39 is 5.97 Å². The lowest BCUT2D eigenvalue weighted by Crippen LogP contribution is -2.06. The first-order valence-electron chi connectivity index (χ1n) is 8.42. The predicted octanol–water partition coefficient (Wildman–Crippen LogP) is 3.65. The van der Waals surface area contributed by atoms with Crippen molar-refractivity contribution in [3.63, 3.8) is 0 Å². The summed E-state index contributed by atoms with van der Waals surface area (Å²) in [6, 6.07) is 16.7. The van der Waals surface area contributed by atoms with Crippen LogP contribution in [-0.2, 0) is 14.2 Å². The summed E-state index contributed by atoms with van der Waals surface area (Å²) in [5.74, 6) is -0.894. The maximum absolute atomic E-state index is 10.6. The molecule has 2 aliphatic heterocycles. The van der Waals surface area contributed by atoms with Crippen LogP contribution in [0.1, 0.15) is 10.4 Å². The number of carboxylic acids is 1. The fourth-order valence-corrected chi connectivity index (χ4v) is 2.10. The fraction of sp³-hybridized carbons (Fsp3) is 0.286. The summed E-state index contributed by atoms with van der Waals surface area (Å²) in [6.07, 6.45) is 0.785. The van der Waals surface area contributed by atoms with E-state index in [1.54, 1.807) is 12.1 Å². The third kappa shape index (κ3) is 7.19. The van der Waals surface area contributed by atoms with Gasteiger partial charge in [0, 0.05) is 0 Å². The van der Waals surface area contributed by atoms with Gasteiger partial charge in [0.15, 0.2) is 0 Å². The second kappa shape index (κ2) is 10.5. The van der Waals surface area contributed by atoms with Crippen LogP contribution in [0, 0.1) is 0 Å². The summed E-state index contributed by atoms with van der Waals surface area (Å²) in [5, 5.41) is 8.75. The van der Waals surface area contributed by atoms with Crippen molar-refractivity contribution in [2.24, 2.45) is 0 Å². The van der Waals surface area contributed by atoms with Gasteiger partial charge in [0.05, 0.1) is 32.0 Å². The molecule has 0 aromatic heterocycles. The Hall–Kier alpha value is -2.47. The first-order chi connectivity index (χ1) is 12.7. The highest BCUT2D eigenvalue weighted by atomic mass is 16.6. The summed E-state index contributed by atoms with van der Waals surface area (Å²) in [6.45, 7) is 9.26. The van der Waals surface area contributed by atoms with Crippen LogP contribution in [0.15, 0.2) is 67.8 Å². The third-order valence-electron chi connectivity index (χ3n) is 3.65. The molecule has 2 aromatic carbocycles. The molecule has 2 aromatic rings. The molecule has 2 aliphatic rings. The number of benzene rings is 2. The number of epoxide rings is 2. The highest BCUT2D eigenvalue weighted by Crippen LogP contribution is 2.19. The van der Waals surface area contributed by atoms with Crippen molar-refractivity contribution in [2.45, 2.75) is 12.2 Å². The van der Waals surface area contributed by atoms with Gasteiger partial charge in [-0.1, -0.05) is 42.5 Å². The lowest BCUT2D eigenvalue weighted by molar-refractivity contribution is 0.0697. The molecule has 0 saturated carbocycles. The van der Waals surface area contributed by atoms with Gasteiger partial charge in [-0.05, 0) is 23.3 Å². The molecule has 2 unspecified atom stereocenters. The number of hydrogen-bond donors (Lipinski definition) is 1. The van der Waals surface area contributed by atoms with Crippen LogP contribution in [0.4, 0.5) is 0 Å². The highest BCUT2D eigenvalue weighted by molar-refractivity contribution is 5.88. The number of carbonyl (C=O) groups is 1. The molecule has 2 heterocycles. The van der Waals surface area contributed by atoms with E-state index in [1.807, 2.05) is 42.5 Å². The molecule has 1 N–H and O–H groups in total. The Balaban J connectivity index is 0.000000188. The second-order valence-electron chi connectivity index (χ2n) is 5.70. The quantitative estimate of drug-likeness (QED) is 0.632. The minimum atomic E-state index is -0.894. The number of carboxylic acid groups (broad SMARTS) is 1. The number of hydrogen-bond acceptors (Lipinski definition) is 4. The molecule has 2 fully saturated rings. The van der Waals surface area contributed by atoms with Gasteiger partial charge in [0.1, 0.15) is 12.2 Å². The molecular weight excluding hydrogens is 332 g/mol. The van der Waals surface area contributed by atoms with Gasteiger partial charge in [-0.15, -0.1) is 13.2 Å². The van der Waals surface area contributed by atoms with Crippen molar-refractivity contribution >= 4 is 5.97 Å². The molecule has 5 nitrogen and oxygen atoms in total. The van der Waals surface area contributed by atoms with Gasteiger partial charge in [-0.25, -0.2) is 4.79 Å². The van der Waals surface area contributed by atoms with Gasteiger partial charge >= 0.3 is 5.97 Å². The van der Waals surface area contributed by atoms with E-state index in [0.29, 0.717) is 17.8 Å². The Morgan fingerprint density at radius 3 is 1.81 bits per heavy atom. The van der Waals surface area contributed by atoms with Gasteiger partial charge in [-0.3, -0.25) is 0 Å². The average molecular weight is 356 g/mol. The zero-order valence-corrected chi connectivity index (χ0v) is 14.7. The van der Waals surface area contributed by atoms with E-state index in [-0.39, 0.29) is 0 Å². The molecule has 26 heavy (non-hydrogen) atoms. The van der Waals surface area contributed by atoms with E-state index in [9.17, 15) is 4.79 Å². The molecule has 0 spiro atoms. The highest BCUT2D eigenvalue weighted by Gasteiger charge is 2.26. The fourth-order valence-electron chi connectivity index (χ4n) is 2.10. The molecule has 2 atom stereocenters. The normalized spacial score (nSPS) is 19.2. The van der Waals surface area contributed by atoms with Crippen LogP contribution in [0.25, 0.3) is 11.1 Å². The van der Waals surface area contributed by atoms with E-state index in [2.05, 4.69) is 13.2 Å². The van der Waals surface area contributed by atoms with Crippen molar-refractivity contribution in [2.75, 3.05) is 26.4 Å². The largest absolute Gasteiger partial charge is 0.478 e. The van der Waals surface area contributed by atoms with Crippen molar-refractivity contribution in [1.82, 2.24) is 0 Å². The minimum Gasteiger partial charge on any atom is -0.478 e. The molecular formula is C21H24O5. The molecule has 0 radical (unpaired) electrons. The molecule has 2 saturated heterocycles. The van der Waals surface area contributed by atoms with Crippen LogP contribution < -0.4 is 0 Å². The molecule has 0 amide bonds. The van der Waals surface area contributed by atoms with Crippen LogP contribution >= 0.6 is 0 Å². The lowest BCUT2D eigenvalue weighted by atomic mass is 10.0. The van der Waals surface area contributed by atoms with E-state index >= 15 is 0 Å². The second-order valence-corrected chi connectivity index (χ2v) is 5.70. The molecule has 5 heteroatoms. The van der Waals surface area contributed by atoms with Crippen LogP contribution in [0.5, 0.6) is 0 Å². The van der Waals surface area contributed by atoms with Gasteiger partial charge < -0.3 is 19.3 Å². The Kier molecular flexibility index (Phi) is 8.02. The maximum atomic E-state index is 10.6. The van der Waals surface area contributed by atoms with Crippen molar-refractivity contribution in [3.8, 4) is 11.1 Å². The molecule has 4 rings (SSSR count). The third-order valence-corrected chi connectivity index (χ3v) is 3.65. The van der Waals surface area contributed by atoms with Crippen LogP contribution in [0.2, 0.25) is 0 Å². The van der Waals surface area contributed by atoms with Gasteiger partial charge in [-0.2, -0.15) is 0 Å². The van der Waals surface area contributed by atoms with Crippen molar-refractivity contribution in [1.29, 1.82) is 0 Å². The number of aromatic carboxylic acids is 1. The average Bonchev–Trinajstić information content (AvgIpc) is 3.61. The maximum Gasteiger partial charge on any atom is 0.335 e. The van der Waals surface area contributed by atoms with E-state index in [0.717, 1.165) is 37.6 Å². The van der Waals surface area contributed by atoms with E-state index in [4.69, 9.17) is 19.3 Å². The van der Waals surface area contributed by atoms with Crippen LogP contribution in [-0.4, -0.2) is 49.7 Å². The predicted molar refractivity (Wildman–Crippen MR) is 100 cm³/mol. The monoisotopic (exact) mass is 356 g/mol. The molecule has 0 aliphatic carbocycles. The Labute approximate surface area is 153 Å². The first-order valence-corrected chi connectivity index (χ1v) is 8.42. The van der Waals surface area contributed by atoms with Crippen molar-refractivity contribution in [3.05, 3.63) is 73.3 Å². The van der Waals surface area contributed by atoms with Gasteiger partial charge in [0.25, 0.3) is 0 Å². The Morgan fingerprint density at radius 1 is 0.923 bits per heavy atom. The van der Waals surface area contributed by atoms with E-state index in [1.165, 1.54) is 0 Å². The summed E-state index contributed by atoms with van der Waals surface area (Å²) >= 11 is 0. The summed E-state index contributed by atoms with van der Waals surface area (Å²) in [5.41, 5.74) is 2.43.